The van der Waals surface area contributed by atoms with Crippen molar-refractivity contribution in [3.05, 3.63) is 88.7 Å². The smallest absolute Gasteiger partial charge is 0.338 e. The van der Waals surface area contributed by atoms with Crippen molar-refractivity contribution in [3.63, 3.8) is 0 Å². The van der Waals surface area contributed by atoms with Crippen LogP contribution in [-0.4, -0.2) is 25.1 Å². The number of methoxy groups -OCH3 is 1. The first-order valence-electron chi connectivity index (χ1n) is 10.2. The fraction of sp³-hybridized carbons (Fsp3) is 0.280. The number of hydrogen-bond acceptors (Lipinski definition) is 5. The zero-order valence-corrected chi connectivity index (χ0v) is 17.7. The number of anilines is 2. The summed E-state index contributed by atoms with van der Waals surface area (Å²) in [6.07, 6.45) is 5.06. The topological polar surface area (TPSA) is 54.5 Å². The number of nitrogens with one attached hydrogen (secondary N) is 1. The third kappa shape index (κ3) is 4.07. The highest BCUT2D eigenvalue weighted by atomic mass is 16.5. The van der Waals surface area contributed by atoms with Gasteiger partial charge in [-0.25, -0.2) is 4.79 Å². The highest BCUT2D eigenvalue weighted by Crippen LogP contribution is 2.33. The molecule has 154 valence electrons. The molecule has 0 spiro atoms. The summed E-state index contributed by atoms with van der Waals surface area (Å²) in [6, 6.07) is 17.2. The number of rotatable bonds is 6. The van der Waals surface area contributed by atoms with E-state index in [9.17, 15) is 4.79 Å². The van der Waals surface area contributed by atoms with Crippen LogP contribution < -0.4 is 10.2 Å². The lowest BCUT2D eigenvalue weighted by molar-refractivity contribution is 0.0599. The number of esters is 1. The fourth-order valence-electron chi connectivity index (χ4n) is 4.05. The van der Waals surface area contributed by atoms with Crippen LogP contribution in [-0.2, 0) is 17.7 Å². The maximum Gasteiger partial charge on any atom is 0.338 e. The van der Waals surface area contributed by atoms with Crippen LogP contribution in [0.1, 0.15) is 45.1 Å². The van der Waals surface area contributed by atoms with Gasteiger partial charge < -0.3 is 15.0 Å². The third-order valence-electron chi connectivity index (χ3n) is 5.86. The molecule has 0 amide bonds. The zero-order valence-electron chi connectivity index (χ0n) is 17.7. The highest BCUT2D eigenvalue weighted by molar-refractivity contribution is 5.90. The standard InChI is InChI=1S/C25H27N3O2/c1-17-4-7-20(8-5-17)28(2)21-9-10-22-19(14-21)16-27-24(22)11-6-18-15-26-13-12-23(18)25(29)30-3/h4-5,7-10,12-15,24,27H,6,11,16H2,1-3H3/t24-/m0/s1. The van der Waals surface area contributed by atoms with Gasteiger partial charge in [0, 0.05) is 43.4 Å². The Balaban J connectivity index is 1.48. The van der Waals surface area contributed by atoms with E-state index in [4.69, 9.17) is 4.74 Å². The van der Waals surface area contributed by atoms with Gasteiger partial charge in [0.25, 0.3) is 0 Å². The number of hydrogen-bond donors (Lipinski definition) is 1. The second kappa shape index (κ2) is 8.67. The summed E-state index contributed by atoms with van der Waals surface area (Å²) >= 11 is 0. The second-order valence-corrected chi connectivity index (χ2v) is 7.77. The number of nitrogens with zero attached hydrogens (tertiary/aromatic N) is 2. The summed E-state index contributed by atoms with van der Waals surface area (Å²) in [6.45, 7) is 2.96. The Morgan fingerprint density at radius 1 is 1.17 bits per heavy atom. The Morgan fingerprint density at radius 2 is 1.93 bits per heavy atom. The molecule has 1 aliphatic heterocycles. The summed E-state index contributed by atoms with van der Waals surface area (Å²) in [4.78, 5) is 18.4. The van der Waals surface area contributed by atoms with Crippen molar-refractivity contribution in [2.45, 2.75) is 32.4 Å². The fourth-order valence-corrected chi connectivity index (χ4v) is 4.05. The first kappa shape index (κ1) is 20.1. The van der Waals surface area contributed by atoms with Crippen molar-refractivity contribution in [1.29, 1.82) is 0 Å². The van der Waals surface area contributed by atoms with Crippen LogP contribution in [0.3, 0.4) is 0 Å². The normalized spacial score (nSPS) is 15.0. The number of ether oxygens (including phenoxy) is 1. The van der Waals surface area contributed by atoms with E-state index in [0.29, 0.717) is 5.56 Å². The van der Waals surface area contributed by atoms with Crippen molar-refractivity contribution in [1.82, 2.24) is 10.3 Å². The minimum absolute atomic E-state index is 0.268. The molecule has 1 aromatic heterocycles. The Kier molecular flexibility index (Phi) is 5.81. The molecule has 2 heterocycles. The molecule has 30 heavy (non-hydrogen) atoms. The first-order chi connectivity index (χ1) is 14.6. The number of carbonyl (C=O) groups excluding carboxylic acids is 1. The predicted molar refractivity (Wildman–Crippen MR) is 119 cm³/mol. The molecule has 0 aliphatic carbocycles. The van der Waals surface area contributed by atoms with Crippen molar-refractivity contribution in [2.24, 2.45) is 0 Å². The molecule has 0 saturated heterocycles. The van der Waals surface area contributed by atoms with Gasteiger partial charge in [0.2, 0.25) is 0 Å². The Hall–Kier alpha value is -3.18. The molecular formula is C25H27N3O2. The van der Waals surface area contributed by atoms with E-state index in [2.05, 4.69) is 71.6 Å². The van der Waals surface area contributed by atoms with Gasteiger partial charge in [-0.05, 0) is 66.8 Å². The minimum atomic E-state index is -0.309. The summed E-state index contributed by atoms with van der Waals surface area (Å²) in [7, 11) is 3.51. The molecule has 4 rings (SSSR count). The molecule has 1 aliphatic rings. The average molecular weight is 402 g/mol. The molecule has 0 saturated carbocycles. The summed E-state index contributed by atoms with van der Waals surface area (Å²) < 4.78 is 4.90. The van der Waals surface area contributed by atoms with Crippen LogP contribution in [0.15, 0.2) is 60.9 Å². The van der Waals surface area contributed by atoms with Gasteiger partial charge in [0.05, 0.1) is 12.7 Å². The van der Waals surface area contributed by atoms with Gasteiger partial charge >= 0.3 is 5.97 Å². The molecular weight excluding hydrogens is 374 g/mol. The van der Waals surface area contributed by atoms with Crippen LogP contribution in [0.2, 0.25) is 0 Å². The van der Waals surface area contributed by atoms with Crippen molar-refractivity contribution in [2.75, 3.05) is 19.1 Å². The molecule has 5 nitrogen and oxygen atoms in total. The van der Waals surface area contributed by atoms with Crippen LogP contribution in [0.4, 0.5) is 11.4 Å². The van der Waals surface area contributed by atoms with E-state index in [-0.39, 0.29) is 12.0 Å². The van der Waals surface area contributed by atoms with Crippen LogP contribution in [0.5, 0.6) is 0 Å². The van der Waals surface area contributed by atoms with E-state index < -0.39 is 0 Å². The molecule has 0 radical (unpaired) electrons. The van der Waals surface area contributed by atoms with Gasteiger partial charge in [-0.2, -0.15) is 0 Å². The van der Waals surface area contributed by atoms with Crippen molar-refractivity contribution < 1.29 is 9.53 Å². The van der Waals surface area contributed by atoms with Crippen LogP contribution in [0, 0.1) is 6.92 Å². The van der Waals surface area contributed by atoms with E-state index in [1.54, 1.807) is 18.5 Å². The molecule has 0 unspecified atom stereocenters. The SMILES string of the molecule is COC(=O)c1ccncc1CC[C@@H]1NCc2cc(N(C)c3ccc(C)cc3)ccc21. The molecule has 0 fully saturated rings. The van der Waals surface area contributed by atoms with Crippen molar-refractivity contribution in [3.8, 4) is 0 Å². The Labute approximate surface area is 177 Å². The number of benzene rings is 2. The first-order valence-corrected chi connectivity index (χ1v) is 10.2. The van der Waals surface area contributed by atoms with Gasteiger partial charge in [-0.3, -0.25) is 4.98 Å². The lowest BCUT2D eigenvalue weighted by atomic mass is 9.97. The molecule has 1 N–H and O–H groups in total. The maximum atomic E-state index is 12.0. The summed E-state index contributed by atoms with van der Waals surface area (Å²) in [5.41, 5.74) is 7.80. The molecule has 1 atom stereocenters. The molecule has 3 aromatic rings. The van der Waals surface area contributed by atoms with E-state index >= 15 is 0 Å². The number of carbonyl (C=O) groups is 1. The molecule has 0 bridgehead atoms. The van der Waals surface area contributed by atoms with Gasteiger partial charge in [0.1, 0.15) is 0 Å². The number of pyridine rings is 1. The van der Waals surface area contributed by atoms with Gasteiger partial charge in [-0.1, -0.05) is 23.8 Å². The number of aromatic nitrogens is 1. The van der Waals surface area contributed by atoms with Gasteiger partial charge in [-0.15, -0.1) is 0 Å². The summed E-state index contributed by atoms with van der Waals surface area (Å²) in [5, 5.41) is 3.61. The van der Waals surface area contributed by atoms with E-state index in [1.165, 1.54) is 35.2 Å². The Morgan fingerprint density at radius 3 is 2.70 bits per heavy atom. The Bertz CT molecular complexity index is 1050. The summed E-state index contributed by atoms with van der Waals surface area (Å²) in [5.74, 6) is -0.309. The number of aryl methyl sites for hydroxylation is 2. The maximum absolute atomic E-state index is 12.0. The quantitative estimate of drug-likeness (QED) is 0.606. The van der Waals surface area contributed by atoms with Crippen molar-refractivity contribution >= 4 is 17.3 Å². The third-order valence-corrected chi connectivity index (χ3v) is 5.86. The van der Waals surface area contributed by atoms with E-state index in [0.717, 1.165) is 24.9 Å². The predicted octanol–water partition coefficient (Wildman–Crippen LogP) is 4.72. The molecule has 5 heteroatoms. The second-order valence-electron chi connectivity index (χ2n) is 7.77. The van der Waals surface area contributed by atoms with E-state index in [1.807, 2.05) is 0 Å². The lowest BCUT2D eigenvalue weighted by Gasteiger charge is -2.21. The zero-order chi connectivity index (χ0) is 21.1. The highest BCUT2D eigenvalue weighted by Gasteiger charge is 2.23. The van der Waals surface area contributed by atoms with Crippen LogP contribution in [0.25, 0.3) is 0 Å². The van der Waals surface area contributed by atoms with Crippen LogP contribution >= 0.6 is 0 Å². The lowest BCUT2D eigenvalue weighted by Crippen LogP contribution is -2.14. The largest absolute Gasteiger partial charge is 0.465 e. The average Bonchev–Trinajstić information content (AvgIpc) is 3.19. The minimum Gasteiger partial charge on any atom is -0.465 e. The van der Waals surface area contributed by atoms with Gasteiger partial charge in [0.15, 0.2) is 0 Å². The monoisotopic (exact) mass is 401 g/mol. The number of fused-ring (bicyclic) bond motifs is 1. The molecule has 2 aromatic carbocycles.